The topological polar surface area (TPSA) is 47.0 Å². The molecular weight excluding hydrogens is 262 g/mol. The van der Waals surface area contributed by atoms with Crippen LogP contribution in [-0.2, 0) is 4.74 Å². The van der Waals surface area contributed by atoms with Gasteiger partial charge in [0.1, 0.15) is 16.8 Å². The van der Waals surface area contributed by atoms with Gasteiger partial charge in [0.05, 0.1) is 12.6 Å². The van der Waals surface area contributed by atoms with E-state index in [1.165, 1.54) is 12.8 Å². The number of hydrogen-bond acceptors (Lipinski definition) is 4. The first-order chi connectivity index (χ1) is 9.15. The van der Waals surface area contributed by atoms with Gasteiger partial charge in [-0.3, -0.25) is 0 Å². The number of nitrogens with zero attached hydrogens (tertiary/aromatic N) is 2. The molecule has 1 aromatic rings. The molecule has 1 aliphatic carbocycles. The molecule has 4 nitrogen and oxygen atoms in total. The summed E-state index contributed by atoms with van der Waals surface area (Å²) >= 11 is 6.21. The van der Waals surface area contributed by atoms with E-state index in [1.807, 2.05) is 6.92 Å². The molecule has 1 aliphatic rings. The number of rotatable bonds is 7. The SMILES string of the molecule is CCCC(COC)Nc1nc(C2CC2)nc(Cl)c1C. The fraction of sp³-hybridized carbons (Fsp3) is 0.714. The lowest BCUT2D eigenvalue weighted by molar-refractivity contribution is 0.182. The summed E-state index contributed by atoms with van der Waals surface area (Å²) in [5.41, 5.74) is 0.920. The first-order valence-electron chi connectivity index (χ1n) is 6.95. The van der Waals surface area contributed by atoms with E-state index in [4.69, 9.17) is 16.3 Å². The molecule has 1 unspecified atom stereocenters. The highest BCUT2D eigenvalue weighted by atomic mass is 35.5. The highest BCUT2D eigenvalue weighted by molar-refractivity contribution is 6.30. The molecule has 0 aromatic carbocycles. The van der Waals surface area contributed by atoms with Crippen molar-refractivity contribution in [1.82, 2.24) is 9.97 Å². The Labute approximate surface area is 119 Å². The summed E-state index contributed by atoms with van der Waals surface area (Å²) in [6.07, 6.45) is 4.51. The van der Waals surface area contributed by atoms with Gasteiger partial charge >= 0.3 is 0 Å². The smallest absolute Gasteiger partial charge is 0.137 e. The summed E-state index contributed by atoms with van der Waals surface area (Å²) in [6.45, 7) is 4.80. The van der Waals surface area contributed by atoms with Gasteiger partial charge in [-0.15, -0.1) is 0 Å². The highest BCUT2D eigenvalue weighted by Gasteiger charge is 2.28. The third-order valence-corrected chi connectivity index (χ3v) is 3.76. The van der Waals surface area contributed by atoms with Gasteiger partial charge < -0.3 is 10.1 Å². The van der Waals surface area contributed by atoms with Crippen LogP contribution in [0.3, 0.4) is 0 Å². The van der Waals surface area contributed by atoms with Gasteiger partial charge in [0.25, 0.3) is 0 Å². The number of hydrogen-bond donors (Lipinski definition) is 1. The first kappa shape index (κ1) is 14.5. The van der Waals surface area contributed by atoms with Crippen molar-refractivity contribution < 1.29 is 4.74 Å². The van der Waals surface area contributed by atoms with E-state index < -0.39 is 0 Å². The standard InChI is InChI=1S/C14H22ClN3O/c1-4-5-11(8-19-3)16-13-9(2)12(15)17-14(18-13)10-6-7-10/h10-11H,4-8H2,1-3H3,(H,16,17,18). The van der Waals surface area contributed by atoms with E-state index in [0.717, 1.165) is 30.0 Å². The van der Waals surface area contributed by atoms with E-state index in [9.17, 15) is 0 Å². The van der Waals surface area contributed by atoms with Crippen LogP contribution in [-0.4, -0.2) is 29.7 Å². The Morgan fingerprint density at radius 1 is 1.42 bits per heavy atom. The van der Waals surface area contributed by atoms with Crippen LogP contribution in [0.5, 0.6) is 0 Å². The second kappa shape index (κ2) is 6.53. The molecule has 1 aromatic heterocycles. The lowest BCUT2D eigenvalue weighted by Crippen LogP contribution is -2.26. The molecule has 1 fully saturated rings. The van der Waals surface area contributed by atoms with E-state index in [2.05, 4.69) is 22.2 Å². The first-order valence-corrected chi connectivity index (χ1v) is 7.33. The number of anilines is 1. The van der Waals surface area contributed by atoms with Crippen molar-refractivity contribution in [2.24, 2.45) is 0 Å². The van der Waals surface area contributed by atoms with Crippen molar-refractivity contribution in [2.75, 3.05) is 19.0 Å². The van der Waals surface area contributed by atoms with Crippen LogP contribution >= 0.6 is 11.6 Å². The Hall–Kier alpha value is -0.870. The maximum Gasteiger partial charge on any atom is 0.137 e. The van der Waals surface area contributed by atoms with Crippen LogP contribution in [0.1, 0.15) is 49.9 Å². The zero-order valence-corrected chi connectivity index (χ0v) is 12.6. The molecule has 1 N–H and O–H groups in total. The normalized spacial score (nSPS) is 16.4. The van der Waals surface area contributed by atoms with Crippen LogP contribution in [0, 0.1) is 6.92 Å². The molecule has 0 bridgehead atoms. The second-order valence-corrected chi connectivity index (χ2v) is 5.56. The average Bonchev–Trinajstić information content (AvgIpc) is 3.19. The minimum atomic E-state index is 0.270. The summed E-state index contributed by atoms with van der Waals surface area (Å²) < 4.78 is 5.25. The fourth-order valence-electron chi connectivity index (χ4n) is 2.11. The largest absolute Gasteiger partial charge is 0.383 e. The van der Waals surface area contributed by atoms with Gasteiger partial charge in [-0.1, -0.05) is 24.9 Å². The number of halogens is 1. The minimum absolute atomic E-state index is 0.270. The summed E-state index contributed by atoms with van der Waals surface area (Å²) in [6, 6.07) is 0.270. The van der Waals surface area contributed by atoms with Crippen LogP contribution in [0.15, 0.2) is 0 Å². The molecule has 1 saturated carbocycles. The molecular formula is C14H22ClN3O. The van der Waals surface area contributed by atoms with Crippen molar-refractivity contribution in [3.05, 3.63) is 16.5 Å². The average molecular weight is 284 g/mol. The van der Waals surface area contributed by atoms with E-state index >= 15 is 0 Å². The molecule has 106 valence electrons. The Morgan fingerprint density at radius 3 is 2.74 bits per heavy atom. The van der Waals surface area contributed by atoms with Gasteiger partial charge in [-0.25, -0.2) is 9.97 Å². The molecule has 0 aliphatic heterocycles. The van der Waals surface area contributed by atoms with Crippen molar-refractivity contribution >= 4 is 17.4 Å². The van der Waals surface area contributed by atoms with Gasteiger partial charge in [0.2, 0.25) is 0 Å². The van der Waals surface area contributed by atoms with E-state index in [0.29, 0.717) is 17.7 Å². The van der Waals surface area contributed by atoms with Gasteiger partial charge in [0, 0.05) is 18.6 Å². The summed E-state index contributed by atoms with van der Waals surface area (Å²) in [5, 5.41) is 4.01. The van der Waals surface area contributed by atoms with E-state index in [1.54, 1.807) is 7.11 Å². The molecule has 0 radical (unpaired) electrons. The Kier molecular flexibility index (Phi) is 4.99. The Balaban J connectivity index is 2.17. The predicted molar refractivity (Wildman–Crippen MR) is 77.9 cm³/mol. The molecule has 5 heteroatoms. The zero-order valence-electron chi connectivity index (χ0n) is 11.9. The second-order valence-electron chi connectivity index (χ2n) is 5.21. The molecule has 1 atom stereocenters. The van der Waals surface area contributed by atoms with Gasteiger partial charge in [0.15, 0.2) is 0 Å². The number of methoxy groups -OCH3 is 1. The lowest BCUT2D eigenvalue weighted by atomic mass is 10.1. The summed E-state index contributed by atoms with van der Waals surface area (Å²) in [7, 11) is 1.72. The monoisotopic (exact) mass is 283 g/mol. The fourth-order valence-corrected chi connectivity index (χ4v) is 2.29. The quantitative estimate of drug-likeness (QED) is 0.778. The minimum Gasteiger partial charge on any atom is -0.383 e. The summed E-state index contributed by atoms with van der Waals surface area (Å²) in [4.78, 5) is 9.01. The third kappa shape index (κ3) is 3.80. The molecule has 0 amide bonds. The van der Waals surface area contributed by atoms with Gasteiger partial charge in [-0.2, -0.15) is 0 Å². The zero-order chi connectivity index (χ0) is 13.8. The maximum atomic E-state index is 6.21. The van der Waals surface area contributed by atoms with Crippen LogP contribution in [0.4, 0.5) is 5.82 Å². The number of aromatic nitrogens is 2. The Bertz CT molecular complexity index is 429. The molecule has 0 saturated heterocycles. The molecule has 1 heterocycles. The Morgan fingerprint density at radius 2 is 2.16 bits per heavy atom. The molecule has 0 spiro atoms. The molecule has 19 heavy (non-hydrogen) atoms. The highest BCUT2D eigenvalue weighted by Crippen LogP contribution is 2.39. The predicted octanol–water partition coefficient (Wildman–Crippen LogP) is 3.54. The van der Waals surface area contributed by atoms with E-state index in [-0.39, 0.29) is 6.04 Å². The molecule has 2 rings (SSSR count). The third-order valence-electron chi connectivity index (χ3n) is 3.39. The van der Waals surface area contributed by atoms with Crippen molar-refractivity contribution in [3.8, 4) is 0 Å². The van der Waals surface area contributed by atoms with Crippen molar-refractivity contribution in [2.45, 2.75) is 51.5 Å². The van der Waals surface area contributed by atoms with Gasteiger partial charge in [-0.05, 0) is 26.2 Å². The number of nitrogens with one attached hydrogen (secondary N) is 1. The van der Waals surface area contributed by atoms with Crippen LogP contribution in [0.2, 0.25) is 5.15 Å². The van der Waals surface area contributed by atoms with Crippen LogP contribution in [0.25, 0.3) is 0 Å². The number of ether oxygens (including phenoxy) is 1. The summed E-state index contributed by atoms with van der Waals surface area (Å²) in [5.74, 6) is 2.24. The van der Waals surface area contributed by atoms with Crippen molar-refractivity contribution in [1.29, 1.82) is 0 Å². The maximum absolute atomic E-state index is 6.21. The van der Waals surface area contributed by atoms with Crippen molar-refractivity contribution in [3.63, 3.8) is 0 Å². The lowest BCUT2D eigenvalue weighted by Gasteiger charge is -2.19. The van der Waals surface area contributed by atoms with Crippen LogP contribution < -0.4 is 5.32 Å².